The molecule has 0 aliphatic heterocycles. The Morgan fingerprint density at radius 3 is 1.22 bits per heavy atom. The van der Waals surface area contributed by atoms with E-state index in [0.717, 1.165) is 0 Å². The number of rotatable bonds is 0. The summed E-state index contributed by atoms with van der Waals surface area (Å²) in [6.45, 7) is 13.5. The molecule has 0 atom stereocenters. The van der Waals surface area contributed by atoms with Crippen molar-refractivity contribution in [2.75, 3.05) is 0 Å². The largest absolute Gasteiger partial charge is 0.214 e. The van der Waals surface area contributed by atoms with Crippen molar-refractivity contribution < 1.29 is 53.0 Å². The van der Waals surface area contributed by atoms with Crippen LogP contribution in [0.25, 0.3) is 0 Å². The Kier molecular flexibility index (Phi) is 49.5. The molecular weight excluding hydrogens is 337 g/mol. The zero-order chi connectivity index (χ0) is 14.7. The molecule has 0 unspecified atom stereocenters. The van der Waals surface area contributed by atoms with Gasteiger partial charge in [0.15, 0.2) is 0 Å². The van der Waals surface area contributed by atoms with Gasteiger partial charge < -0.3 is 4.79 Å². The minimum Gasteiger partial charge on any atom is -0.214 e. The van der Waals surface area contributed by atoms with Crippen molar-refractivity contribution in [1.29, 1.82) is 0 Å². The molecule has 0 saturated heterocycles. The molecule has 0 spiro atoms. The molecule has 8 heteroatoms. The van der Waals surface area contributed by atoms with Gasteiger partial charge in [0.2, 0.25) is 0 Å². The summed E-state index contributed by atoms with van der Waals surface area (Å²) in [5.41, 5.74) is 0. The minimum atomic E-state index is -4.76. The summed E-state index contributed by atoms with van der Waals surface area (Å²) in [6.07, 6.45) is -4.91. The van der Waals surface area contributed by atoms with Crippen LogP contribution in [-0.4, -0.2) is 12.5 Å². The van der Waals surface area contributed by atoms with Gasteiger partial charge in [-0.1, -0.05) is 0 Å². The zero-order valence-electron chi connectivity index (χ0n) is 8.56. The van der Waals surface area contributed by atoms with Crippen LogP contribution in [0.1, 0.15) is 0 Å². The number of halogens is 3. The minimum absolute atomic E-state index is 0. The molecule has 18 heavy (non-hydrogen) atoms. The number of carbonyl (C=O) groups excluding carboxylic acids is 1. The van der Waals surface area contributed by atoms with Gasteiger partial charge in [0.1, 0.15) is 0 Å². The maximum Gasteiger partial charge on any atom is 0 e. The Bertz CT molecular complexity index is 257. The van der Waals surface area contributed by atoms with Crippen LogP contribution in [0, 0.1) is 20.0 Å². The van der Waals surface area contributed by atoms with Gasteiger partial charge >= 0.3 is 33.9 Å². The Hall–Kier alpha value is -1.28. The van der Waals surface area contributed by atoms with Crippen molar-refractivity contribution in [3.05, 3.63) is 50.3 Å². The molecule has 1 rings (SSSR count). The maximum atomic E-state index is 10.4. The predicted molar refractivity (Wildman–Crippen MR) is 45.6 cm³/mol. The molecule has 0 aliphatic rings. The molecule has 0 heterocycles. The normalized spacial score (nSPS) is 6.28. The average Bonchev–Trinajstić information content (AvgIpc) is 2.95. The van der Waals surface area contributed by atoms with Crippen molar-refractivity contribution in [2.45, 2.75) is 6.18 Å². The Labute approximate surface area is 116 Å². The van der Waals surface area contributed by atoms with Crippen molar-refractivity contribution in [2.24, 2.45) is 0 Å². The first-order valence-corrected chi connectivity index (χ1v) is 3.30. The fourth-order valence-corrected chi connectivity index (χ4v) is 0.321. The summed E-state index contributed by atoms with van der Waals surface area (Å²) in [6, 6.07) is 10.0. The topological polar surface area (TPSA) is 76.8 Å². The molecule has 0 radical (unpaired) electrons. The zero-order valence-corrected chi connectivity index (χ0v) is 10.6. The summed E-state index contributed by atoms with van der Waals surface area (Å²) in [4.78, 5) is 8.58. The monoisotopic (exact) mass is 344 g/mol. The number of hydrogen-bond acceptors (Lipinski definition) is 1. The summed E-state index contributed by atoms with van der Waals surface area (Å²) in [7, 11) is 0. The second-order valence-corrected chi connectivity index (χ2v) is 1.56. The smallest absolute Gasteiger partial charge is 0 e. The van der Waals surface area contributed by atoms with E-state index in [1.54, 1.807) is 0 Å². The van der Waals surface area contributed by atoms with E-state index in [1.165, 1.54) is 0 Å². The number of alkyl halides is 3. The van der Waals surface area contributed by atoms with E-state index < -0.39 is 6.18 Å². The molecule has 0 fully saturated rings. The van der Waals surface area contributed by atoms with Crippen LogP contribution in [0.4, 0.5) is 13.2 Å². The maximum absolute atomic E-state index is 10.4. The van der Waals surface area contributed by atoms with Crippen LogP contribution in [-0.2, 0) is 39.8 Å². The quantitative estimate of drug-likeness (QED) is 0.403. The Balaban J connectivity index is -0.0000000428. The first-order valence-electron chi connectivity index (χ1n) is 3.30. The van der Waals surface area contributed by atoms with Crippen LogP contribution in [0.2, 0.25) is 0 Å². The van der Waals surface area contributed by atoms with Crippen LogP contribution in [0.5, 0.6) is 0 Å². The number of hydrogen-bond donors (Lipinski definition) is 0. The molecule has 0 aromatic heterocycles. The molecule has 0 amide bonds. The molecule has 98 valence electrons. The van der Waals surface area contributed by atoms with E-state index >= 15 is 0 Å². The third kappa shape index (κ3) is 61.4. The standard InChI is InChI=1S/C5H5.C2F3O.3CO.Mo/c1-2-4-5-3-1;3-2(4,5)1-6;3*1-2;/h1-5H;;;;;/q2*-1;;;;. The van der Waals surface area contributed by atoms with E-state index in [0.29, 0.717) is 0 Å². The summed E-state index contributed by atoms with van der Waals surface area (Å²) >= 11 is 0. The van der Waals surface area contributed by atoms with Gasteiger partial charge in [-0.2, -0.15) is 24.5 Å². The molecule has 1 aromatic carbocycles. The van der Waals surface area contributed by atoms with Crippen LogP contribution >= 0.6 is 0 Å². The first-order chi connectivity index (χ1) is 8.06. The Morgan fingerprint density at radius 2 is 1.17 bits per heavy atom. The molecule has 0 aliphatic carbocycles. The fourth-order valence-electron chi connectivity index (χ4n) is 0.321. The molecule has 4 nitrogen and oxygen atoms in total. The Morgan fingerprint density at radius 1 is 0.944 bits per heavy atom. The van der Waals surface area contributed by atoms with Crippen LogP contribution < -0.4 is 0 Å². The second kappa shape index (κ2) is 29.6. The average molecular weight is 342 g/mol. The van der Waals surface area contributed by atoms with Crippen molar-refractivity contribution in [1.82, 2.24) is 0 Å². The van der Waals surface area contributed by atoms with E-state index in [9.17, 15) is 13.2 Å². The summed E-state index contributed by atoms with van der Waals surface area (Å²) in [5.74, 6) is 0. The molecule has 0 bridgehead atoms. The van der Waals surface area contributed by atoms with Crippen LogP contribution in [0.15, 0.2) is 30.3 Å². The van der Waals surface area contributed by atoms with Crippen LogP contribution in [0.3, 0.4) is 0 Å². The molecule has 0 N–H and O–H groups in total. The van der Waals surface area contributed by atoms with Crippen molar-refractivity contribution in [3.8, 4) is 0 Å². The van der Waals surface area contributed by atoms with E-state index in [1.807, 2.05) is 30.3 Å². The SMILES string of the molecule is O=[C-]C(F)(F)F.[C-]#[O+].[C-]#[O+].[C-]#[O+].[Mo].c1cc[cH-]c1. The van der Waals surface area contributed by atoms with Gasteiger partial charge in [-0.3, -0.25) is 0 Å². The second-order valence-electron chi connectivity index (χ2n) is 1.56. The van der Waals surface area contributed by atoms with E-state index in [-0.39, 0.29) is 27.4 Å². The van der Waals surface area contributed by atoms with Gasteiger partial charge in [0.25, 0.3) is 6.18 Å². The van der Waals surface area contributed by atoms with E-state index in [2.05, 4.69) is 20.0 Å². The third-order valence-electron chi connectivity index (χ3n) is 0.671. The van der Waals surface area contributed by atoms with Crippen molar-refractivity contribution >= 4 is 6.29 Å². The molecule has 1 aromatic rings. The summed E-state index contributed by atoms with van der Waals surface area (Å²) in [5, 5.41) is 0. The van der Waals surface area contributed by atoms with Gasteiger partial charge in [-0.05, 0) is 0 Å². The van der Waals surface area contributed by atoms with Gasteiger partial charge in [-0.15, -0.1) is 0 Å². The molecule has 0 saturated carbocycles. The summed E-state index contributed by atoms with van der Waals surface area (Å²) < 4.78 is 53.6. The third-order valence-corrected chi connectivity index (χ3v) is 0.671. The fraction of sp³-hybridized carbons (Fsp3) is 0.100. The van der Waals surface area contributed by atoms with E-state index in [4.69, 9.17) is 18.8 Å². The predicted octanol–water partition coefficient (Wildman–Crippen LogP) is 1.95. The van der Waals surface area contributed by atoms with Gasteiger partial charge in [-0.25, -0.2) is 25.3 Å². The van der Waals surface area contributed by atoms with Gasteiger partial charge in [0.05, 0.1) is 0 Å². The van der Waals surface area contributed by atoms with Crippen molar-refractivity contribution in [3.63, 3.8) is 0 Å². The van der Waals surface area contributed by atoms with Gasteiger partial charge in [0, 0.05) is 21.1 Å². The molecular formula is C10H5F3MoO4-2. The first kappa shape index (κ1) is 30.1.